The van der Waals surface area contributed by atoms with Crippen molar-refractivity contribution in [2.75, 3.05) is 26.2 Å². The molecule has 0 amide bonds. The summed E-state index contributed by atoms with van der Waals surface area (Å²) < 4.78 is 0.904. The molecule has 84 valence electrons. The lowest BCUT2D eigenvalue weighted by Gasteiger charge is -2.37. The van der Waals surface area contributed by atoms with E-state index in [4.69, 9.17) is 16.7 Å². The van der Waals surface area contributed by atoms with Crippen LogP contribution in [0.4, 0.5) is 0 Å². The summed E-state index contributed by atoms with van der Waals surface area (Å²) in [7, 11) is 0. The van der Waals surface area contributed by atoms with Crippen LogP contribution in [0.2, 0.25) is 0 Å². The fraction of sp³-hybridized carbons (Fsp3) is 0.900. The molecule has 4 heteroatoms. The minimum atomic E-state index is -0.814. The van der Waals surface area contributed by atoms with Gasteiger partial charge >= 0.3 is 5.97 Å². The third kappa shape index (κ3) is 4.29. The summed E-state index contributed by atoms with van der Waals surface area (Å²) in [4.78, 5) is 10.5. The molecule has 0 heterocycles. The summed E-state index contributed by atoms with van der Waals surface area (Å²) in [5.74, 6) is -0.814. The van der Waals surface area contributed by atoms with E-state index in [1.165, 1.54) is 0 Å². The lowest BCUT2D eigenvalue weighted by Crippen LogP contribution is -2.51. The smallest absolute Gasteiger partial charge is 0.305 e. The molecule has 0 fully saturated rings. The second kappa shape index (κ2) is 6.25. The fourth-order valence-corrected chi connectivity index (χ4v) is 2.16. The molecular weight excluding hydrogens is 202 g/mol. The van der Waals surface area contributed by atoms with Gasteiger partial charge in [-0.15, -0.1) is 11.6 Å². The minimum absolute atomic E-state index is 0.0571. The number of alkyl halides is 1. The monoisotopic (exact) mass is 222 g/mol. The highest BCUT2D eigenvalue weighted by Gasteiger charge is 2.26. The lowest BCUT2D eigenvalue weighted by molar-refractivity contribution is -0.922. The van der Waals surface area contributed by atoms with Crippen LogP contribution in [0, 0.1) is 0 Å². The van der Waals surface area contributed by atoms with Gasteiger partial charge in [0.25, 0.3) is 0 Å². The number of carbonyl (C=O) groups is 1. The molecule has 0 radical (unpaired) electrons. The topological polar surface area (TPSA) is 37.3 Å². The first-order valence-electron chi connectivity index (χ1n) is 5.20. The van der Waals surface area contributed by atoms with E-state index >= 15 is 0 Å². The summed E-state index contributed by atoms with van der Waals surface area (Å²) in [6.07, 6.45) is 0.0571. The van der Waals surface area contributed by atoms with Crippen molar-refractivity contribution in [1.82, 2.24) is 0 Å². The van der Waals surface area contributed by atoms with Gasteiger partial charge in [0.05, 0.1) is 38.0 Å². The maximum absolute atomic E-state index is 10.5. The first-order valence-corrected chi connectivity index (χ1v) is 5.64. The molecule has 0 aliphatic heterocycles. The van der Waals surface area contributed by atoms with Crippen LogP contribution < -0.4 is 0 Å². The van der Waals surface area contributed by atoms with E-state index in [1.54, 1.807) is 0 Å². The highest BCUT2D eigenvalue weighted by Crippen LogP contribution is 2.13. The SMILES string of the molecule is CC[N+](CC)(CC)CC(Cl)CC(=O)O. The molecule has 0 aromatic rings. The largest absolute Gasteiger partial charge is 0.481 e. The van der Waals surface area contributed by atoms with Crippen molar-refractivity contribution in [2.45, 2.75) is 32.6 Å². The van der Waals surface area contributed by atoms with Gasteiger partial charge in [-0.05, 0) is 20.8 Å². The van der Waals surface area contributed by atoms with Crippen molar-refractivity contribution < 1.29 is 14.4 Å². The van der Waals surface area contributed by atoms with Gasteiger partial charge in [0.15, 0.2) is 0 Å². The van der Waals surface area contributed by atoms with Gasteiger partial charge < -0.3 is 9.59 Å². The van der Waals surface area contributed by atoms with E-state index in [1.807, 2.05) is 0 Å². The Morgan fingerprint density at radius 2 is 1.71 bits per heavy atom. The zero-order chi connectivity index (χ0) is 11.2. The van der Waals surface area contributed by atoms with E-state index in [0.717, 1.165) is 30.7 Å². The molecule has 0 aliphatic rings. The van der Waals surface area contributed by atoms with Crippen molar-refractivity contribution in [2.24, 2.45) is 0 Å². The Bertz CT molecular complexity index is 173. The van der Waals surface area contributed by atoms with Crippen molar-refractivity contribution in [1.29, 1.82) is 0 Å². The summed E-state index contributed by atoms with van der Waals surface area (Å²) in [6, 6.07) is 0. The summed E-state index contributed by atoms with van der Waals surface area (Å²) >= 11 is 6.00. The van der Waals surface area contributed by atoms with Crippen LogP contribution in [0.1, 0.15) is 27.2 Å². The number of aliphatic carboxylic acids is 1. The summed E-state index contributed by atoms with van der Waals surface area (Å²) in [5, 5.41) is 8.35. The number of nitrogens with zero attached hydrogens (tertiary/aromatic N) is 1. The number of hydrogen-bond acceptors (Lipinski definition) is 1. The van der Waals surface area contributed by atoms with Crippen molar-refractivity contribution in [3.05, 3.63) is 0 Å². The Hall–Kier alpha value is -0.280. The van der Waals surface area contributed by atoms with E-state index in [2.05, 4.69) is 20.8 Å². The second-order valence-corrected chi connectivity index (χ2v) is 4.29. The average Bonchev–Trinajstić information content (AvgIpc) is 2.13. The molecule has 0 saturated carbocycles. The van der Waals surface area contributed by atoms with Crippen LogP contribution in [0.15, 0.2) is 0 Å². The van der Waals surface area contributed by atoms with Crippen LogP contribution >= 0.6 is 11.6 Å². The average molecular weight is 223 g/mol. The van der Waals surface area contributed by atoms with Crippen LogP contribution in [0.5, 0.6) is 0 Å². The quantitative estimate of drug-likeness (QED) is 0.528. The van der Waals surface area contributed by atoms with Gasteiger partial charge in [-0.2, -0.15) is 0 Å². The number of carboxylic acid groups (broad SMARTS) is 1. The van der Waals surface area contributed by atoms with Gasteiger partial charge in [-0.25, -0.2) is 0 Å². The minimum Gasteiger partial charge on any atom is -0.481 e. The summed E-state index contributed by atoms with van der Waals surface area (Å²) in [6.45, 7) is 10.1. The fourth-order valence-electron chi connectivity index (χ4n) is 1.73. The predicted molar refractivity (Wildman–Crippen MR) is 58.6 cm³/mol. The molecule has 0 spiro atoms. The first-order chi connectivity index (χ1) is 6.49. The Balaban J connectivity index is 4.21. The number of halogens is 1. The molecule has 0 aromatic carbocycles. The van der Waals surface area contributed by atoms with Crippen molar-refractivity contribution in [3.8, 4) is 0 Å². The van der Waals surface area contributed by atoms with Crippen LogP contribution in [0.3, 0.4) is 0 Å². The van der Waals surface area contributed by atoms with Crippen LogP contribution in [-0.2, 0) is 4.79 Å². The molecule has 0 saturated heterocycles. The highest BCUT2D eigenvalue weighted by molar-refractivity contribution is 6.21. The number of quaternary nitrogens is 1. The Kier molecular flexibility index (Phi) is 6.12. The molecule has 0 aliphatic carbocycles. The zero-order valence-electron chi connectivity index (χ0n) is 9.29. The van der Waals surface area contributed by atoms with Crippen LogP contribution in [-0.4, -0.2) is 47.1 Å². The molecule has 0 aromatic heterocycles. The molecule has 3 nitrogen and oxygen atoms in total. The number of carboxylic acids is 1. The molecule has 0 bridgehead atoms. The highest BCUT2D eigenvalue weighted by atomic mass is 35.5. The Morgan fingerprint density at radius 3 is 2.00 bits per heavy atom. The predicted octanol–water partition coefficient (Wildman–Crippen LogP) is 1.95. The molecular formula is C10H21ClNO2+. The van der Waals surface area contributed by atoms with Crippen molar-refractivity contribution in [3.63, 3.8) is 0 Å². The lowest BCUT2D eigenvalue weighted by atomic mass is 10.2. The van der Waals surface area contributed by atoms with Crippen LogP contribution in [0.25, 0.3) is 0 Å². The zero-order valence-corrected chi connectivity index (χ0v) is 10.0. The van der Waals surface area contributed by atoms with Gasteiger partial charge in [0.2, 0.25) is 0 Å². The third-order valence-corrected chi connectivity index (χ3v) is 3.29. The molecule has 1 N–H and O–H groups in total. The molecule has 1 atom stereocenters. The standard InChI is InChI=1S/C10H20ClNO2/c1-4-12(5-2,6-3)8-9(11)7-10(13)14/h9H,4-8H2,1-3H3/p+1. The number of rotatable bonds is 7. The van der Waals surface area contributed by atoms with E-state index < -0.39 is 5.97 Å². The van der Waals surface area contributed by atoms with Crippen molar-refractivity contribution >= 4 is 17.6 Å². The van der Waals surface area contributed by atoms with Gasteiger partial charge in [0.1, 0.15) is 0 Å². The maximum Gasteiger partial charge on any atom is 0.305 e. The molecule has 1 unspecified atom stereocenters. The molecule has 14 heavy (non-hydrogen) atoms. The van der Waals surface area contributed by atoms with E-state index in [9.17, 15) is 4.79 Å². The summed E-state index contributed by atoms with van der Waals surface area (Å²) in [5.41, 5.74) is 0. The molecule has 0 rings (SSSR count). The van der Waals surface area contributed by atoms with E-state index in [-0.39, 0.29) is 11.8 Å². The Labute approximate surface area is 91.3 Å². The normalized spacial score (nSPS) is 14.0. The second-order valence-electron chi connectivity index (χ2n) is 3.67. The van der Waals surface area contributed by atoms with E-state index in [0.29, 0.717) is 0 Å². The number of hydrogen-bond donors (Lipinski definition) is 1. The third-order valence-electron chi connectivity index (χ3n) is 2.99. The van der Waals surface area contributed by atoms with Gasteiger partial charge in [-0.3, -0.25) is 4.79 Å². The van der Waals surface area contributed by atoms with Gasteiger partial charge in [-0.1, -0.05) is 0 Å². The maximum atomic E-state index is 10.5. The Morgan fingerprint density at radius 1 is 1.29 bits per heavy atom. The first kappa shape index (κ1) is 13.7. The van der Waals surface area contributed by atoms with Gasteiger partial charge in [0, 0.05) is 0 Å².